The number of nitrogens with one attached hydrogen (secondary N) is 1. The summed E-state index contributed by atoms with van der Waals surface area (Å²) < 4.78 is 0. The second kappa shape index (κ2) is 9.02. The normalized spacial score (nSPS) is 9.72. The zero-order valence-corrected chi connectivity index (χ0v) is 13.5. The van der Waals surface area contributed by atoms with E-state index in [2.05, 4.69) is 16.4 Å². The number of nitrogens with zero attached hydrogens (tertiary/aromatic N) is 4. The third-order valence-electron chi connectivity index (χ3n) is 3.47. The van der Waals surface area contributed by atoms with Gasteiger partial charge in [-0.15, -0.1) is 0 Å². The van der Waals surface area contributed by atoms with Crippen LogP contribution in [0.3, 0.4) is 0 Å². The van der Waals surface area contributed by atoms with Gasteiger partial charge in [0.1, 0.15) is 5.82 Å². The molecule has 0 saturated heterocycles. The average Bonchev–Trinajstić information content (AvgIpc) is 2.65. The standard InChI is InChI=1S/C18H17N5O2/c19-12-14-2-1-3-15(10-14)16-4-6-21-17(11-16)22-18(25)5-7-23(13-20)8-9-24/h1-4,6,10-11,24H,5,7-9H2,(H,21,22,25). The number of carbonyl (C=O) groups is 1. The SMILES string of the molecule is N#Cc1cccc(-c2ccnc(NC(=O)CCN(C#N)CCO)c2)c1. The van der Waals surface area contributed by atoms with Crippen molar-refractivity contribution < 1.29 is 9.90 Å². The molecule has 25 heavy (non-hydrogen) atoms. The van der Waals surface area contributed by atoms with Gasteiger partial charge >= 0.3 is 0 Å². The molecule has 0 aliphatic carbocycles. The number of aliphatic hydroxyl groups is 1. The number of nitriles is 2. The summed E-state index contributed by atoms with van der Waals surface area (Å²) in [6.07, 6.45) is 3.61. The zero-order chi connectivity index (χ0) is 18.1. The Morgan fingerprint density at radius 2 is 2.00 bits per heavy atom. The summed E-state index contributed by atoms with van der Waals surface area (Å²) in [4.78, 5) is 17.4. The minimum Gasteiger partial charge on any atom is -0.395 e. The number of hydrogen-bond acceptors (Lipinski definition) is 6. The zero-order valence-electron chi connectivity index (χ0n) is 13.5. The van der Waals surface area contributed by atoms with Crippen LogP contribution in [0, 0.1) is 22.8 Å². The van der Waals surface area contributed by atoms with Crippen LogP contribution in [-0.4, -0.2) is 40.6 Å². The van der Waals surface area contributed by atoms with Crippen molar-refractivity contribution in [2.75, 3.05) is 25.0 Å². The van der Waals surface area contributed by atoms with Gasteiger partial charge in [-0.05, 0) is 35.4 Å². The van der Waals surface area contributed by atoms with E-state index >= 15 is 0 Å². The molecule has 7 nitrogen and oxygen atoms in total. The Labute approximate surface area is 145 Å². The molecule has 0 unspecified atom stereocenters. The predicted octanol–water partition coefficient (Wildman–Crippen LogP) is 1.72. The largest absolute Gasteiger partial charge is 0.395 e. The Balaban J connectivity index is 2.03. The van der Waals surface area contributed by atoms with Crippen molar-refractivity contribution in [1.29, 1.82) is 10.5 Å². The second-order valence-corrected chi connectivity index (χ2v) is 5.23. The van der Waals surface area contributed by atoms with E-state index in [1.54, 1.807) is 36.5 Å². The number of anilines is 1. The summed E-state index contributed by atoms with van der Waals surface area (Å²) in [7, 11) is 0. The molecule has 126 valence electrons. The van der Waals surface area contributed by atoms with Crippen LogP contribution < -0.4 is 5.32 Å². The smallest absolute Gasteiger partial charge is 0.227 e. The van der Waals surface area contributed by atoms with Crippen LogP contribution >= 0.6 is 0 Å². The lowest BCUT2D eigenvalue weighted by atomic mass is 10.0. The van der Waals surface area contributed by atoms with Crippen molar-refractivity contribution in [2.24, 2.45) is 0 Å². The number of carbonyl (C=O) groups excluding carboxylic acids is 1. The van der Waals surface area contributed by atoms with Gasteiger partial charge in [0.15, 0.2) is 6.19 Å². The molecule has 0 spiro atoms. The maximum Gasteiger partial charge on any atom is 0.227 e. The number of aromatic nitrogens is 1. The van der Waals surface area contributed by atoms with E-state index < -0.39 is 0 Å². The fourth-order valence-electron chi connectivity index (χ4n) is 2.22. The van der Waals surface area contributed by atoms with Crippen LogP contribution in [0.15, 0.2) is 42.6 Å². The molecule has 0 aliphatic rings. The Kier molecular flexibility index (Phi) is 6.47. The molecular formula is C18H17N5O2. The fraction of sp³-hybridized carbons (Fsp3) is 0.222. The second-order valence-electron chi connectivity index (χ2n) is 5.23. The van der Waals surface area contributed by atoms with Crippen molar-refractivity contribution in [1.82, 2.24) is 9.88 Å². The first-order valence-corrected chi connectivity index (χ1v) is 7.68. The van der Waals surface area contributed by atoms with E-state index in [9.17, 15) is 4.79 Å². The van der Waals surface area contributed by atoms with Crippen molar-refractivity contribution in [3.63, 3.8) is 0 Å². The maximum atomic E-state index is 12.0. The highest BCUT2D eigenvalue weighted by Gasteiger charge is 2.08. The van der Waals surface area contributed by atoms with Crippen molar-refractivity contribution in [2.45, 2.75) is 6.42 Å². The van der Waals surface area contributed by atoms with Gasteiger partial charge in [0.25, 0.3) is 0 Å². The fourth-order valence-corrected chi connectivity index (χ4v) is 2.22. The first-order chi connectivity index (χ1) is 12.2. The van der Waals surface area contributed by atoms with E-state index in [0.717, 1.165) is 11.1 Å². The maximum absolute atomic E-state index is 12.0. The average molecular weight is 335 g/mol. The van der Waals surface area contributed by atoms with Crippen LogP contribution in [0.2, 0.25) is 0 Å². The molecule has 0 bridgehead atoms. The quantitative estimate of drug-likeness (QED) is 0.588. The van der Waals surface area contributed by atoms with Gasteiger partial charge < -0.3 is 15.3 Å². The molecule has 1 aromatic heterocycles. The van der Waals surface area contributed by atoms with Gasteiger partial charge in [0.05, 0.1) is 24.8 Å². The molecule has 7 heteroatoms. The van der Waals surface area contributed by atoms with Gasteiger partial charge in [-0.3, -0.25) is 4.79 Å². The van der Waals surface area contributed by atoms with Crippen LogP contribution in [0.4, 0.5) is 5.82 Å². The summed E-state index contributed by atoms with van der Waals surface area (Å²) in [6, 6.07) is 12.8. The summed E-state index contributed by atoms with van der Waals surface area (Å²) in [5.74, 6) is 0.129. The van der Waals surface area contributed by atoms with Gasteiger partial charge in [-0.2, -0.15) is 10.5 Å². The highest BCUT2D eigenvalue weighted by Crippen LogP contribution is 2.22. The minimum atomic E-state index is -0.270. The van der Waals surface area contributed by atoms with E-state index in [4.69, 9.17) is 15.6 Å². The third-order valence-corrected chi connectivity index (χ3v) is 3.47. The molecule has 2 rings (SSSR count). The van der Waals surface area contributed by atoms with Crippen LogP contribution in [-0.2, 0) is 4.79 Å². The minimum absolute atomic E-state index is 0.114. The van der Waals surface area contributed by atoms with E-state index in [-0.39, 0.29) is 32.0 Å². The molecule has 1 amide bonds. The Bertz CT molecular complexity index is 823. The van der Waals surface area contributed by atoms with E-state index in [0.29, 0.717) is 11.4 Å². The van der Waals surface area contributed by atoms with Crippen molar-refractivity contribution in [3.05, 3.63) is 48.2 Å². The number of benzene rings is 1. The van der Waals surface area contributed by atoms with Gasteiger partial charge in [0.2, 0.25) is 5.91 Å². The van der Waals surface area contributed by atoms with Crippen LogP contribution in [0.25, 0.3) is 11.1 Å². The van der Waals surface area contributed by atoms with Gasteiger partial charge in [0, 0.05) is 19.2 Å². The number of rotatable bonds is 7. The lowest BCUT2D eigenvalue weighted by Gasteiger charge is -2.13. The number of amides is 1. The molecule has 2 N–H and O–H groups in total. The summed E-state index contributed by atoms with van der Waals surface area (Å²) in [6.45, 7) is 0.292. The topological polar surface area (TPSA) is 113 Å². The Hall–Kier alpha value is -3.42. The highest BCUT2D eigenvalue weighted by atomic mass is 16.3. The molecule has 0 saturated carbocycles. The van der Waals surface area contributed by atoms with Crippen LogP contribution in [0.5, 0.6) is 0 Å². The third kappa shape index (κ3) is 5.31. The molecule has 1 aromatic carbocycles. The molecule has 2 aromatic rings. The van der Waals surface area contributed by atoms with Crippen LogP contribution in [0.1, 0.15) is 12.0 Å². The first-order valence-electron chi connectivity index (χ1n) is 7.68. The molecular weight excluding hydrogens is 318 g/mol. The van der Waals surface area contributed by atoms with E-state index in [1.165, 1.54) is 4.90 Å². The van der Waals surface area contributed by atoms with Crippen molar-refractivity contribution >= 4 is 11.7 Å². The highest BCUT2D eigenvalue weighted by molar-refractivity contribution is 5.90. The van der Waals surface area contributed by atoms with Gasteiger partial charge in [-0.25, -0.2) is 4.98 Å². The van der Waals surface area contributed by atoms with E-state index in [1.807, 2.05) is 12.3 Å². The summed E-state index contributed by atoms with van der Waals surface area (Å²) in [5, 5.41) is 29.4. The number of aliphatic hydroxyl groups excluding tert-OH is 1. The monoisotopic (exact) mass is 335 g/mol. The number of hydrogen-bond donors (Lipinski definition) is 2. The van der Waals surface area contributed by atoms with Gasteiger partial charge in [-0.1, -0.05) is 12.1 Å². The predicted molar refractivity (Wildman–Crippen MR) is 91.9 cm³/mol. The first kappa shape index (κ1) is 17.9. The molecule has 0 fully saturated rings. The van der Waals surface area contributed by atoms with Crippen molar-refractivity contribution in [3.8, 4) is 23.4 Å². The Morgan fingerprint density at radius 3 is 2.72 bits per heavy atom. The summed E-state index contributed by atoms with van der Waals surface area (Å²) >= 11 is 0. The Morgan fingerprint density at radius 1 is 1.20 bits per heavy atom. The molecule has 1 heterocycles. The lowest BCUT2D eigenvalue weighted by molar-refractivity contribution is -0.116. The molecule has 0 aliphatic heterocycles. The summed E-state index contributed by atoms with van der Waals surface area (Å²) in [5.41, 5.74) is 2.25. The number of pyridine rings is 1. The molecule has 0 atom stereocenters. The molecule has 0 radical (unpaired) electrons. The lowest BCUT2D eigenvalue weighted by Crippen LogP contribution is -2.26.